The molecule has 0 spiro atoms. The molecule has 2 aliphatic heterocycles. The molecule has 0 aliphatic carbocycles. The van der Waals surface area contributed by atoms with Crippen LogP contribution in [0.25, 0.3) is 0 Å². The maximum atomic E-state index is 13.6. The van der Waals surface area contributed by atoms with Gasteiger partial charge in [-0.25, -0.2) is 0 Å². The van der Waals surface area contributed by atoms with Crippen LogP contribution in [0.1, 0.15) is 16.7 Å². The van der Waals surface area contributed by atoms with Crippen molar-refractivity contribution in [2.45, 2.75) is 25.4 Å². The molecule has 0 aromatic heterocycles. The molecule has 0 saturated carbocycles. The van der Waals surface area contributed by atoms with E-state index in [2.05, 4.69) is 27.2 Å². The Bertz CT molecular complexity index is 1330. The lowest BCUT2D eigenvalue weighted by molar-refractivity contribution is -0.384. The highest BCUT2D eigenvalue weighted by Crippen LogP contribution is 2.38. The summed E-state index contributed by atoms with van der Waals surface area (Å²) in [6, 6.07) is 21.1. The predicted molar refractivity (Wildman–Crippen MR) is 149 cm³/mol. The van der Waals surface area contributed by atoms with Crippen LogP contribution in [0.4, 0.5) is 11.4 Å². The van der Waals surface area contributed by atoms with Crippen LogP contribution in [-0.4, -0.2) is 62.2 Å². The van der Waals surface area contributed by atoms with Crippen LogP contribution in [0, 0.1) is 16.0 Å². The van der Waals surface area contributed by atoms with Crippen LogP contribution in [0.2, 0.25) is 0 Å². The molecule has 2 unspecified atom stereocenters. The Kier molecular flexibility index (Phi) is 7.97. The number of nitrogens with zero attached hydrogens (tertiary/aromatic N) is 3. The van der Waals surface area contributed by atoms with Gasteiger partial charge in [0.15, 0.2) is 11.5 Å². The summed E-state index contributed by atoms with van der Waals surface area (Å²) in [5.74, 6) is 0.980. The predicted octanol–water partition coefficient (Wildman–Crippen LogP) is 3.83. The molecule has 9 heteroatoms. The molecule has 0 radical (unpaired) electrons. The number of methoxy groups -OCH3 is 2. The fourth-order valence-electron chi connectivity index (χ4n) is 5.76. The molecular formula is C30H34N4O5. The molecule has 3 aromatic rings. The normalized spacial score (nSPS) is 18.6. The van der Waals surface area contributed by atoms with Gasteiger partial charge in [-0.3, -0.25) is 19.8 Å². The minimum atomic E-state index is -0.373. The van der Waals surface area contributed by atoms with Crippen LogP contribution in [-0.2, 0) is 24.2 Å². The first kappa shape index (κ1) is 26.5. The molecule has 39 heavy (non-hydrogen) atoms. The molecule has 2 atom stereocenters. The number of ether oxygens (including phenoxy) is 2. The zero-order valence-corrected chi connectivity index (χ0v) is 22.3. The molecule has 2 heterocycles. The van der Waals surface area contributed by atoms with Crippen molar-refractivity contribution in [2.24, 2.45) is 5.92 Å². The summed E-state index contributed by atoms with van der Waals surface area (Å²) in [6.07, 6.45) is 1.12. The standard InChI is InChI=1S/C30H34N4O5/c1-38-28-11-8-21(16-29(28)39-2)12-13-31-30(35)25-18-23-17-24(34(36)37)9-10-26(23)33-15-14-32(20-27(25)33)19-22-6-4-3-5-7-22/h3-11,16-17,25,27H,12-15,18-20H2,1-2H3,(H,31,35). The molecule has 0 bridgehead atoms. The van der Waals surface area contributed by atoms with Gasteiger partial charge in [-0.2, -0.15) is 0 Å². The second-order valence-electron chi connectivity index (χ2n) is 10.1. The number of carbonyl (C=O) groups is 1. The van der Waals surface area contributed by atoms with Crippen molar-refractivity contribution in [3.63, 3.8) is 0 Å². The van der Waals surface area contributed by atoms with Gasteiger partial charge in [-0.15, -0.1) is 0 Å². The van der Waals surface area contributed by atoms with Crippen LogP contribution >= 0.6 is 0 Å². The highest BCUT2D eigenvalue weighted by atomic mass is 16.6. The van der Waals surface area contributed by atoms with E-state index in [9.17, 15) is 14.9 Å². The Morgan fingerprint density at radius 1 is 1.00 bits per heavy atom. The molecular weight excluding hydrogens is 496 g/mol. The van der Waals surface area contributed by atoms with Crippen molar-refractivity contribution >= 4 is 17.3 Å². The molecule has 9 nitrogen and oxygen atoms in total. The summed E-state index contributed by atoms with van der Waals surface area (Å²) in [4.78, 5) is 29.4. The summed E-state index contributed by atoms with van der Waals surface area (Å²) in [7, 11) is 3.20. The van der Waals surface area contributed by atoms with E-state index in [1.54, 1.807) is 26.4 Å². The Labute approximate surface area is 228 Å². The fraction of sp³-hybridized carbons (Fsp3) is 0.367. The lowest BCUT2D eigenvalue weighted by Crippen LogP contribution is -2.61. The van der Waals surface area contributed by atoms with Gasteiger partial charge in [0.05, 0.1) is 31.1 Å². The van der Waals surface area contributed by atoms with Gasteiger partial charge in [0, 0.05) is 50.5 Å². The third kappa shape index (κ3) is 5.83. The molecule has 1 amide bonds. The quantitative estimate of drug-likeness (QED) is 0.332. The van der Waals surface area contributed by atoms with Crippen LogP contribution < -0.4 is 19.7 Å². The van der Waals surface area contributed by atoms with Crippen LogP contribution in [0.5, 0.6) is 11.5 Å². The van der Waals surface area contributed by atoms with E-state index in [-0.39, 0.29) is 28.5 Å². The zero-order valence-electron chi connectivity index (χ0n) is 22.3. The largest absolute Gasteiger partial charge is 0.493 e. The summed E-state index contributed by atoms with van der Waals surface area (Å²) in [6.45, 7) is 3.67. The second-order valence-corrected chi connectivity index (χ2v) is 10.1. The molecule has 5 rings (SSSR count). The maximum absolute atomic E-state index is 13.6. The smallest absolute Gasteiger partial charge is 0.269 e. The average molecular weight is 531 g/mol. The number of carbonyl (C=O) groups excluding carboxylic acids is 1. The van der Waals surface area contributed by atoms with Crippen molar-refractivity contribution in [3.8, 4) is 11.5 Å². The Balaban J connectivity index is 1.32. The number of hydrogen-bond donors (Lipinski definition) is 1. The second kappa shape index (κ2) is 11.7. The molecule has 1 saturated heterocycles. The van der Waals surface area contributed by atoms with Gasteiger partial charge in [0.2, 0.25) is 5.91 Å². The average Bonchev–Trinajstić information content (AvgIpc) is 2.96. The van der Waals surface area contributed by atoms with Crippen molar-refractivity contribution in [2.75, 3.05) is 45.3 Å². The van der Waals surface area contributed by atoms with Gasteiger partial charge in [0.25, 0.3) is 5.69 Å². The maximum Gasteiger partial charge on any atom is 0.269 e. The van der Waals surface area contributed by atoms with E-state index in [1.807, 2.05) is 42.5 Å². The highest BCUT2D eigenvalue weighted by molar-refractivity contribution is 5.82. The summed E-state index contributed by atoms with van der Waals surface area (Å²) in [5.41, 5.74) is 4.19. The van der Waals surface area contributed by atoms with E-state index < -0.39 is 0 Å². The van der Waals surface area contributed by atoms with E-state index in [0.29, 0.717) is 30.9 Å². The molecule has 3 aromatic carbocycles. The van der Waals surface area contributed by atoms with E-state index in [1.165, 1.54) is 5.56 Å². The lowest BCUT2D eigenvalue weighted by atomic mass is 9.83. The number of rotatable bonds is 9. The molecule has 204 valence electrons. The van der Waals surface area contributed by atoms with Crippen molar-refractivity contribution in [1.82, 2.24) is 10.2 Å². The van der Waals surface area contributed by atoms with Crippen molar-refractivity contribution in [1.29, 1.82) is 0 Å². The number of nitrogens with one attached hydrogen (secondary N) is 1. The third-order valence-electron chi connectivity index (χ3n) is 7.74. The van der Waals surface area contributed by atoms with Gasteiger partial charge in [0.1, 0.15) is 0 Å². The topological polar surface area (TPSA) is 97.2 Å². The van der Waals surface area contributed by atoms with Gasteiger partial charge in [-0.1, -0.05) is 36.4 Å². The van der Waals surface area contributed by atoms with Gasteiger partial charge in [-0.05, 0) is 47.7 Å². The zero-order chi connectivity index (χ0) is 27.4. The number of fused-ring (bicyclic) bond motifs is 3. The van der Waals surface area contributed by atoms with Gasteiger partial charge >= 0.3 is 0 Å². The first-order valence-electron chi connectivity index (χ1n) is 13.3. The summed E-state index contributed by atoms with van der Waals surface area (Å²) >= 11 is 0. The number of hydrogen-bond acceptors (Lipinski definition) is 7. The number of piperazine rings is 1. The number of amides is 1. The third-order valence-corrected chi connectivity index (χ3v) is 7.74. The summed E-state index contributed by atoms with van der Waals surface area (Å²) in [5, 5.41) is 14.6. The number of nitro benzene ring substituents is 1. The van der Waals surface area contributed by atoms with E-state index >= 15 is 0 Å². The highest BCUT2D eigenvalue weighted by Gasteiger charge is 2.41. The SMILES string of the molecule is COc1ccc(CCNC(=O)C2Cc3cc([N+](=O)[O-])ccc3N3CCN(Cc4ccccc4)CC23)cc1OC. The first-order chi connectivity index (χ1) is 19.0. The number of non-ortho nitro benzene ring substituents is 1. The number of benzene rings is 3. The fourth-order valence-corrected chi connectivity index (χ4v) is 5.76. The van der Waals surface area contributed by atoms with Gasteiger partial charge < -0.3 is 19.7 Å². The Hall–Kier alpha value is -4.11. The minimum Gasteiger partial charge on any atom is -0.493 e. The number of anilines is 1. The summed E-state index contributed by atoms with van der Waals surface area (Å²) < 4.78 is 10.7. The monoisotopic (exact) mass is 530 g/mol. The lowest BCUT2D eigenvalue weighted by Gasteiger charge is -2.49. The Morgan fingerprint density at radius 2 is 1.79 bits per heavy atom. The van der Waals surface area contributed by atoms with E-state index in [4.69, 9.17) is 9.47 Å². The van der Waals surface area contributed by atoms with E-state index in [0.717, 1.165) is 43.0 Å². The Morgan fingerprint density at radius 3 is 2.54 bits per heavy atom. The minimum absolute atomic E-state index is 0.0162. The first-order valence-corrected chi connectivity index (χ1v) is 13.3. The van der Waals surface area contributed by atoms with Crippen LogP contribution in [0.3, 0.4) is 0 Å². The number of nitro groups is 1. The molecule has 1 fully saturated rings. The van der Waals surface area contributed by atoms with Crippen molar-refractivity contribution in [3.05, 3.63) is 93.5 Å². The molecule has 2 aliphatic rings. The van der Waals surface area contributed by atoms with Crippen LogP contribution in [0.15, 0.2) is 66.7 Å². The molecule has 1 N–H and O–H groups in total. The van der Waals surface area contributed by atoms with Crippen molar-refractivity contribution < 1.29 is 19.2 Å².